The van der Waals surface area contributed by atoms with Crippen LogP contribution in [0, 0.1) is 0 Å². The van der Waals surface area contributed by atoms with Crippen LogP contribution in [0.2, 0.25) is 0 Å². The molecule has 118 valence electrons. The van der Waals surface area contributed by atoms with E-state index in [9.17, 15) is 0 Å². The van der Waals surface area contributed by atoms with Crippen molar-refractivity contribution in [3.05, 3.63) is 60.7 Å². The molecule has 0 N–H and O–H groups in total. The first kappa shape index (κ1) is 17.4. The number of para-hydroxylation sites is 3. The maximum atomic E-state index is 5.13. The standard InChI is InChI=1S/C10H12O2.C8H10O2/c1-8(11-2)9-6-4-5-7-10(9)12-3;1-9-7-5-3-4-6-8(7)10-2/h4-7H,1H2,2-3H3;3-6H,1-2H3. The minimum atomic E-state index is 0.618. The van der Waals surface area contributed by atoms with Crippen molar-refractivity contribution in [2.45, 2.75) is 0 Å². The molecule has 0 aliphatic heterocycles. The van der Waals surface area contributed by atoms with Gasteiger partial charge in [-0.1, -0.05) is 30.8 Å². The van der Waals surface area contributed by atoms with E-state index >= 15 is 0 Å². The summed E-state index contributed by atoms with van der Waals surface area (Å²) in [5.41, 5.74) is 0.891. The Labute approximate surface area is 131 Å². The first-order valence-corrected chi connectivity index (χ1v) is 6.71. The number of benzene rings is 2. The topological polar surface area (TPSA) is 36.9 Å². The van der Waals surface area contributed by atoms with E-state index in [2.05, 4.69) is 6.58 Å². The average Bonchev–Trinajstić information content (AvgIpc) is 2.61. The molecular weight excluding hydrogens is 280 g/mol. The maximum absolute atomic E-state index is 5.13. The Balaban J connectivity index is 0.000000224. The number of hydrogen-bond acceptors (Lipinski definition) is 4. The van der Waals surface area contributed by atoms with Crippen LogP contribution in [-0.4, -0.2) is 28.4 Å². The highest BCUT2D eigenvalue weighted by molar-refractivity contribution is 5.63. The highest BCUT2D eigenvalue weighted by Crippen LogP contribution is 2.25. The molecule has 0 heterocycles. The molecule has 4 nitrogen and oxygen atoms in total. The highest BCUT2D eigenvalue weighted by atomic mass is 16.5. The fourth-order valence-corrected chi connectivity index (χ4v) is 1.77. The molecule has 0 saturated carbocycles. The summed E-state index contributed by atoms with van der Waals surface area (Å²) in [6, 6.07) is 15.1. The minimum absolute atomic E-state index is 0.618. The molecule has 4 heteroatoms. The van der Waals surface area contributed by atoms with E-state index in [1.165, 1.54) is 0 Å². The zero-order valence-electron chi connectivity index (χ0n) is 13.5. The molecule has 0 fully saturated rings. The van der Waals surface area contributed by atoms with Gasteiger partial charge in [-0.2, -0.15) is 0 Å². The van der Waals surface area contributed by atoms with Crippen molar-refractivity contribution < 1.29 is 18.9 Å². The lowest BCUT2D eigenvalue weighted by molar-refractivity contribution is 0.355. The lowest BCUT2D eigenvalue weighted by atomic mass is 10.2. The number of ether oxygens (including phenoxy) is 4. The monoisotopic (exact) mass is 302 g/mol. The second kappa shape index (κ2) is 9.34. The van der Waals surface area contributed by atoms with E-state index < -0.39 is 0 Å². The van der Waals surface area contributed by atoms with Gasteiger partial charge < -0.3 is 18.9 Å². The van der Waals surface area contributed by atoms with Gasteiger partial charge >= 0.3 is 0 Å². The van der Waals surface area contributed by atoms with Gasteiger partial charge in [0, 0.05) is 0 Å². The van der Waals surface area contributed by atoms with Crippen molar-refractivity contribution in [2.24, 2.45) is 0 Å². The fourth-order valence-electron chi connectivity index (χ4n) is 1.77. The Hall–Kier alpha value is -2.62. The van der Waals surface area contributed by atoms with Gasteiger partial charge in [0.05, 0.1) is 34.0 Å². The first-order valence-electron chi connectivity index (χ1n) is 6.71. The van der Waals surface area contributed by atoms with Crippen LogP contribution < -0.4 is 14.2 Å². The van der Waals surface area contributed by atoms with Crippen molar-refractivity contribution in [3.8, 4) is 17.2 Å². The van der Waals surface area contributed by atoms with Gasteiger partial charge in [-0.3, -0.25) is 0 Å². The molecule has 0 atom stereocenters. The number of hydrogen-bond donors (Lipinski definition) is 0. The van der Waals surface area contributed by atoms with E-state index in [1.807, 2.05) is 48.5 Å². The van der Waals surface area contributed by atoms with Crippen LogP contribution in [-0.2, 0) is 4.74 Å². The summed E-state index contributed by atoms with van der Waals surface area (Å²) in [5.74, 6) is 2.94. The SMILES string of the molecule is C=C(OC)c1ccccc1OC.COc1ccccc1OC. The summed E-state index contributed by atoms with van der Waals surface area (Å²) in [4.78, 5) is 0. The van der Waals surface area contributed by atoms with Crippen molar-refractivity contribution in [1.82, 2.24) is 0 Å². The van der Waals surface area contributed by atoms with Crippen molar-refractivity contribution in [2.75, 3.05) is 28.4 Å². The zero-order chi connectivity index (χ0) is 16.4. The molecule has 2 rings (SSSR count). The van der Waals surface area contributed by atoms with Crippen molar-refractivity contribution in [3.63, 3.8) is 0 Å². The molecule has 0 spiro atoms. The summed E-state index contributed by atoms with van der Waals surface area (Å²) >= 11 is 0. The van der Waals surface area contributed by atoms with Crippen LogP contribution in [0.5, 0.6) is 17.2 Å². The largest absolute Gasteiger partial charge is 0.497 e. The molecule has 0 bridgehead atoms. The summed E-state index contributed by atoms with van der Waals surface area (Å²) in [6.45, 7) is 3.75. The second-order valence-corrected chi connectivity index (χ2v) is 4.18. The molecule has 0 aliphatic rings. The lowest BCUT2D eigenvalue weighted by Crippen LogP contribution is -1.91. The van der Waals surface area contributed by atoms with E-state index in [4.69, 9.17) is 18.9 Å². The third-order valence-corrected chi connectivity index (χ3v) is 2.94. The molecule has 0 aromatic heterocycles. The Kier molecular flexibility index (Phi) is 7.40. The van der Waals surface area contributed by atoms with Gasteiger partial charge in [-0.25, -0.2) is 0 Å². The van der Waals surface area contributed by atoms with Crippen LogP contribution in [0.1, 0.15) is 5.56 Å². The fraction of sp³-hybridized carbons (Fsp3) is 0.222. The molecule has 2 aromatic carbocycles. The zero-order valence-corrected chi connectivity index (χ0v) is 13.5. The lowest BCUT2D eigenvalue weighted by Gasteiger charge is -2.08. The first-order chi connectivity index (χ1) is 10.7. The van der Waals surface area contributed by atoms with Crippen LogP contribution >= 0.6 is 0 Å². The second-order valence-electron chi connectivity index (χ2n) is 4.18. The van der Waals surface area contributed by atoms with E-state index in [0.717, 1.165) is 22.8 Å². The summed E-state index contributed by atoms with van der Waals surface area (Å²) in [7, 11) is 6.46. The third-order valence-electron chi connectivity index (χ3n) is 2.94. The molecule has 0 unspecified atom stereocenters. The van der Waals surface area contributed by atoms with Crippen LogP contribution in [0.3, 0.4) is 0 Å². The quantitative estimate of drug-likeness (QED) is 0.782. The van der Waals surface area contributed by atoms with E-state index in [0.29, 0.717) is 5.76 Å². The van der Waals surface area contributed by atoms with Crippen molar-refractivity contribution >= 4 is 5.76 Å². The van der Waals surface area contributed by atoms with E-state index in [-0.39, 0.29) is 0 Å². The third kappa shape index (κ3) is 4.74. The van der Waals surface area contributed by atoms with Crippen LogP contribution in [0.15, 0.2) is 55.1 Å². The normalized spacial score (nSPS) is 9.09. The van der Waals surface area contributed by atoms with Crippen molar-refractivity contribution in [1.29, 1.82) is 0 Å². The van der Waals surface area contributed by atoms with Gasteiger partial charge in [0.15, 0.2) is 11.5 Å². The molecule has 0 amide bonds. The minimum Gasteiger partial charge on any atom is -0.497 e. The Morgan fingerprint density at radius 2 is 1.09 bits per heavy atom. The molecule has 0 radical (unpaired) electrons. The Bertz CT molecular complexity index is 570. The number of rotatable bonds is 5. The Morgan fingerprint density at radius 3 is 1.50 bits per heavy atom. The van der Waals surface area contributed by atoms with Gasteiger partial charge in [0.1, 0.15) is 11.5 Å². The highest BCUT2D eigenvalue weighted by Gasteiger charge is 2.04. The molecule has 0 saturated heterocycles. The predicted octanol–water partition coefficient (Wildman–Crippen LogP) is 4.02. The molecule has 2 aromatic rings. The molecular formula is C18H22O4. The smallest absolute Gasteiger partial charge is 0.160 e. The van der Waals surface area contributed by atoms with Gasteiger partial charge in [-0.05, 0) is 24.3 Å². The summed E-state index contributed by atoms with van der Waals surface area (Å²) in [6.07, 6.45) is 0. The predicted molar refractivity (Wildman–Crippen MR) is 88.6 cm³/mol. The van der Waals surface area contributed by atoms with Gasteiger partial charge in [0.2, 0.25) is 0 Å². The van der Waals surface area contributed by atoms with Gasteiger partial charge in [0.25, 0.3) is 0 Å². The summed E-state index contributed by atoms with van der Waals surface area (Å²) < 4.78 is 20.2. The van der Waals surface area contributed by atoms with Gasteiger partial charge in [-0.15, -0.1) is 0 Å². The summed E-state index contributed by atoms with van der Waals surface area (Å²) in [5, 5.41) is 0. The molecule has 0 aliphatic carbocycles. The van der Waals surface area contributed by atoms with Crippen LogP contribution in [0.25, 0.3) is 5.76 Å². The molecule has 22 heavy (non-hydrogen) atoms. The maximum Gasteiger partial charge on any atom is 0.160 e. The average molecular weight is 302 g/mol. The van der Waals surface area contributed by atoms with E-state index in [1.54, 1.807) is 28.4 Å². The Morgan fingerprint density at radius 1 is 0.682 bits per heavy atom. The van der Waals surface area contributed by atoms with Crippen LogP contribution in [0.4, 0.5) is 0 Å². The number of methoxy groups -OCH3 is 4.